The third kappa shape index (κ3) is 3.15. The second-order valence-corrected chi connectivity index (χ2v) is 1.05. The number of nitrogens with one attached hydrogen (secondary N) is 1. The first kappa shape index (κ1) is 6.33. The number of hydrazine groups is 1. The predicted molar refractivity (Wildman–Crippen MR) is 27.4 cm³/mol. The molecule has 0 unspecified atom stereocenters. The third-order valence-electron chi connectivity index (χ3n) is 0.504. The number of hydrogen-bond acceptors (Lipinski definition) is 3. The van der Waals surface area contributed by atoms with E-state index >= 15 is 0 Å². The Morgan fingerprint density at radius 3 is 2.71 bits per heavy atom. The van der Waals surface area contributed by atoms with Crippen molar-refractivity contribution in [2.75, 3.05) is 6.54 Å². The minimum Gasteiger partial charge on any atom is -0.293 e. The lowest BCUT2D eigenvalue weighted by Gasteiger charge is -1.87. The molecule has 0 aromatic carbocycles. The topological polar surface area (TPSA) is 55.1 Å². The van der Waals surface area contributed by atoms with Crippen LogP contribution in [0.3, 0.4) is 0 Å². The molecule has 0 rings (SSSR count). The van der Waals surface area contributed by atoms with Crippen molar-refractivity contribution in [3.8, 4) is 0 Å². The maximum absolute atomic E-state index is 10.2. The second-order valence-electron chi connectivity index (χ2n) is 1.05. The smallest absolute Gasteiger partial charge is 0.170 e. The molecule has 0 atom stereocenters. The minimum atomic E-state index is -0.0949. The quantitative estimate of drug-likeness (QED) is 0.277. The van der Waals surface area contributed by atoms with Crippen LogP contribution in [0.15, 0.2) is 12.7 Å². The van der Waals surface area contributed by atoms with Crippen LogP contribution in [-0.4, -0.2) is 12.3 Å². The lowest BCUT2D eigenvalue weighted by molar-refractivity contribution is -0.113. The van der Waals surface area contributed by atoms with Crippen LogP contribution in [0.25, 0.3) is 0 Å². The van der Waals surface area contributed by atoms with Crippen molar-refractivity contribution in [3.63, 3.8) is 0 Å². The SMILES string of the molecule is C=CC(=O)CNN. The molecule has 7 heavy (non-hydrogen) atoms. The number of ketones is 1. The van der Waals surface area contributed by atoms with Gasteiger partial charge in [-0.15, -0.1) is 0 Å². The first-order valence-corrected chi connectivity index (χ1v) is 1.90. The molecule has 0 amide bonds. The second kappa shape index (κ2) is 3.52. The van der Waals surface area contributed by atoms with E-state index in [-0.39, 0.29) is 12.3 Å². The van der Waals surface area contributed by atoms with Crippen LogP contribution in [0.4, 0.5) is 0 Å². The van der Waals surface area contributed by atoms with Crippen LogP contribution in [-0.2, 0) is 4.79 Å². The highest BCUT2D eigenvalue weighted by molar-refractivity contribution is 5.90. The van der Waals surface area contributed by atoms with Crippen molar-refractivity contribution in [2.24, 2.45) is 5.84 Å². The van der Waals surface area contributed by atoms with Gasteiger partial charge in [-0.1, -0.05) is 6.58 Å². The summed E-state index contributed by atoms with van der Waals surface area (Å²) >= 11 is 0. The van der Waals surface area contributed by atoms with Gasteiger partial charge in [-0.05, 0) is 6.08 Å². The average Bonchev–Trinajstić information content (AvgIpc) is 1.68. The Kier molecular flexibility index (Phi) is 3.18. The zero-order chi connectivity index (χ0) is 5.70. The Balaban J connectivity index is 3.17. The van der Waals surface area contributed by atoms with Gasteiger partial charge in [0.2, 0.25) is 0 Å². The number of carbonyl (C=O) groups is 1. The van der Waals surface area contributed by atoms with E-state index in [1.165, 1.54) is 6.08 Å². The molecule has 0 aliphatic rings. The predicted octanol–water partition coefficient (Wildman–Crippen LogP) is -0.795. The van der Waals surface area contributed by atoms with E-state index in [2.05, 4.69) is 12.0 Å². The monoisotopic (exact) mass is 100 g/mol. The van der Waals surface area contributed by atoms with Crippen molar-refractivity contribution in [1.29, 1.82) is 0 Å². The number of nitrogens with two attached hydrogens (primary N) is 1. The largest absolute Gasteiger partial charge is 0.293 e. The van der Waals surface area contributed by atoms with E-state index in [0.29, 0.717) is 0 Å². The normalized spacial score (nSPS) is 8.14. The standard InChI is InChI=1S/C4H8N2O/c1-2-4(7)3-6-5/h2,6H,1,3,5H2. The fraction of sp³-hybridized carbons (Fsp3) is 0.250. The molecular formula is C4H8N2O. The first-order chi connectivity index (χ1) is 3.31. The van der Waals surface area contributed by atoms with Gasteiger partial charge >= 0.3 is 0 Å². The molecule has 0 spiro atoms. The maximum atomic E-state index is 10.2. The highest BCUT2D eigenvalue weighted by Gasteiger charge is 1.86. The van der Waals surface area contributed by atoms with Gasteiger partial charge in [-0.2, -0.15) is 0 Å². The molecule has 0 saturated carbocycles. The van der Waals surface area contributed by atoms with Gasteiger partial charge in [0, 0.05) is 0 Å². The van der Waals surface area contributed by atoms with Crippen LogP contribution in [0.2, 0.25) is 0 Å². The van der Waals surface area contributed by atoms with Gasteiger partial charge in [0.15, 0.2) is 5.78 Å². The molecule has 0 radical (unpaired) electrons. The van der Waals surface area contributed by atoms with Crippen molar-refractivity contribution in [3.05, 3.63) is 12.7 Å². The molecule has 0 aliphatic carbocycles. The summed E-state index contributed by atoms with van der Waals surface area (Å²) in [5.41, 5.74) is 2.20. The van der Waals surface area contributed by atoms with Gasteiger partial charge < -0.3 is 0 Å². The summed E-state index contributed by atoms with van der Waals surface area (Å²) in [7, 11) is 0. The summed E-state index contributed by atoms with van der Waals surface area (Å²) in [6.45, 7) is 3.40. The number of carbonyl (C=O) groups excluding carboxylic acids is 1. The molecule has 0 bridgehead atoms. The van der Waals surface area contributed by atoms with Crippen molar-refractivity contribution in [2.45, 2.75) is 0 Å². The van der Waals surface area contributed by atoms with Gasteiger partial charge in [0.05, 0.1) is 6.54 Å². The van der Waals surface area contributed by atoms with Crippen molar-refractivity contribution >= 4 is 5.78 Å². The van der Waals surface area contributed by atoms with Crippen molar-refractivity contribution in [1.82, 2.24) is 5.43 Å². The molecule has 3 nitrogen and oxygen atoms in total. The van der Waals surface area contributed by atoms with Crippen LogP contribution in [0.5, 0.6) is 0 Å². The van der Waals surface area contributed by atoms with Gasteiger partial charge in [-0.3, -0.25) is 16.1 Å². The Bertz CT molecular complexity index is 79.8. The van der Waals surface area contributed by atoms with Crippen LogP contribution in [0, 0.1) is 0 Å². The zero-order valence-corrected chi connectivity index (χ0v) is 3.98. The summed E-state index contributed by atoms with van der Waals surface area (Å²) in [5, 5.41) is 0. The van der Waals surface area contributed by atoms with E-state index < -0.39 is 0 Å². The molecule has 0 aromatic rings. The van der Waals surface area contributed by atoms with Gasteiger partial charge in [0.25, 0.3) is 0 Å². The number of hydrogen-bond donors (Lipinski definition) is 2. The number of rotatable bonds is 3. The third-order valence-corrected chi connectivity index (χ3v) is 0.504. The summed E-state index contributed by atoms with van der Waals surface area (Å²) in [4.78, 5) is 10.2. The van der Waals surface area contributed by atoms with E-state index in [9.17, 15) is 4.79 Å². The Hall–Kier alpha value is -0.670. The van der Waals surface area contributed by atoms with E-state index in [1.807, 2.05) is 0 Å². The fourth-order valence-electron chi connectivity index (χ4n) is 0.173. The Morgan fingerprint density at radius 2 is 2.57 bits per heavy atom. The highest BCUT2D eigenvalue weighted by atomic mass is 16.1. The molecule has 0 aromatic heterocycles. The molecule has 3 N–H and O–H groups in total. The van der Waals surface area contributed by atoms with E-state index in [0.717, 1.165) is 0 Å². The maximum Gasteiger partial charge on any atom is 0.170 e. The molecule has 0 fully saturated rings. The molecule has 0 heterocycles. The molecule has 0 saturated heterocycles. The van der Waals surface area contributed by atoms with Crippen molar-refractivity contribution < 1.29 is 4.79 Å². The van der Waals surface area contributed by atoms with Crippen LogP contribution >= 0.6 is 0 Å². The van der Waals surface area contributed by atoms with E-state index in [1.54, 1.807) is 0 Å². The summed E-state index contributed by atoms with van der Waals surface area (Å²) in [6.07, 6.45) is 1.22. The summed E-state index contributed by atoms with van der Waals surface area (Å²) in [5.74, 6) is 4.69. The fourth-order valence-corrected chi connectivity index (χ4v) is 0.173. The molecule has 0 aliphatic heterocycles. The average molecular weight is 100 g/mol. The Morgan fingerprint density at radius 1 is 2.00 bits per heavy atom. The Labute approximate surface area is 42.2 Å². The molecule has 3 heteroatoms. The highest BCUT2D eigenvalue weighted by Crippen LogP contribution is 1.64. The molecular weight excluding hydrogens is 92.1 g/mol. The summed E-state index contributed by atoms with van der Waals surface area (Å²) < 4.78 is 0. The van der Waals surface area contributed by atoms with Gasteiger partial charge in [-0.25, -0.2) is 0 Å². The lowest BCUT2D eigenvalue weighted by Crippen LogP contribution is -2.27. The minimum absolute atomic E-state index is 0.0949. The molecule has 40 valence electrons. The van der Waals surface area contributed by atoms with Crippen LogP contribution < -0.4 is 11.3 Å². The summed E-state index contributed by atoms with van der Waals surface area (Å²) in [6, 6.07) is 0. The zero-order valence-electron chi connectivity index (χ0n) is 3.98. The van der Waals surface area contributed by atoms with Crippen LogP contribution in [0.1, 0.15) is 0 Å². The van der Waals surface area contributed by atoms with Gasteiger partial charge in [0.1, 0.15) is 0 Å². The first-order valence-electron chi connectivity index (χ1n) is 1.90. The lowest BCUT2D eigenvalue weighted by atomic mass is 10.4. The van der Waals surface area contributed by atoms with E-state index in [4.69, 9.17) is 5.84 Å².